The highest BCUT2D eigenvalue weighted by Gasteiger charge is 2.14. The second kappa shape index (κ2) is 7.73. The third-order valence-corrected chi connectivity index (χ3v) is 4.21. The molecule has 1 heterocycles. The second-order valence-corrected chi connectivity index (χ2v) is 6.64. The Morgan fingerprint density at radius 2 is 2.10 bits per heavy atom. The topological polar surface area (TPSA) is 47.0 Å². The molecule has 0 saturated heterocycles. The van der Waals surface area contributed by atoms with Crippen LogP contribution in [0.5, 0.6) is 5.75 Å². The molecule has 1 atom stereocenters. The van der Waals surface area contributed by atoms with Gasteiger partial charge in [0.05, 0.1) is 0 Å². The van der Waals surface area contributed by atoms with Crippen molar-refractivity contribution in [2.24, 2.45) is 0 Å². The number of benzene rings is 1. The molecule has 0 spiro atoms. The lowest BCUT2D eigenvalue weighted by Crippen LogP contribution is -2.24. The number of nitrogens with zero attached hydrogens (tertiary/aromatic N) is 2. The zero-order valence-corrected chi connectivity index (χ0v) is 14.0. The first-order valence-corrected chi connectivity index (χ1v) is 8.22. The molecule has 0 radical (unpaired) electrons. The summed E-state index contributed by atoms with van der Waals surface area (Å²) in [6, 6.07) is 7.86. The Morgan fingerprint density at radius 3 is 2.81 bits per heavy atom. The number of nitrogens with one attached hydrogen (secondary N) is 1. The van der Waals surface area contributed by atoms with Gasteiger partial charge in [0.1, 0.15) is 16.9 Å². The Hall–Kier alpha value is -1.17. The van der Waals surface area contributed by atoms with E-state index >= 15 is 0 Å². The summed E-state index contributed by atoms with van der Waals surface area (Å²) < 4.78 is 5.85. The molecule has 2 aromatic rings. The lowest BCUT2D eigenvalue weighted by molar-refractivity contribution is 0.225. The summed E-state index contributed by atoms with van der Waals surface area (Å²) in [6.07, 6.45) is 0.757. The molecule has 0 saturated carbocycles. The lowest BCUT2D eigenvalue weighted by atomic mass is 10.3. The van der Waals surface area contributed by atoms with E-state index in [9.17, 15) is 0 Å². The van der Waals surface area contributed by atoms with Crippen molar-refractivity contribution in [1.82, 2.24) is 15.5 Å². The van der Waals surface area contributed by atoms with Crippen molar-refractivity contribution in [2.45, 2.75) is 39.3 Å². The van der Waals surface area contributed by atoms with Gasteiger partial charge in [-0.3, -0.25) is 0 Å². The Kier molecular flexibility index (Phi) is 5.96. The number of hydrogen-bond acceptors (Lipinski definition) is 5. The van der Waals surface area contributed by atoms with Crippen LogP contribution >= 0.6 is 22.9 Å². The quantitative estimate of drug-likeness (QED) is 0.839. The molecule has 0 aliphatic carbocycles. The van der Waals surface area contributed by atoms with Gasteiger partial charge in [0, 0.05) is 24.0 Å². The van der Waals surface area contributed by atoms with Gasteiger partial charge in [0.2, 0.25) is 0 Å². The first kappa shape index (κ1) is 16.2. The SMILES string of the molecule is CC(C)NCCc1nnc(C(C)Oc2cccc(Cl)c2)s1. The first-order valence-electron chi connectivity index (χ1n) is 7.02. The molecule has 1 unspecified atom stereocenters. The highest BCUT2D eigenvalue weighted by molar-refractivity contribution is 7.11. The van der Waals surface area contributed by atoms with E-state index in [-0.39, 0.29) is 6.10 Å². The maximum atomic E-state index is 5.95. The zero-order valence-electron chi connectivity index (χ0n) is 12.5. The van der Waals surface area contributed by atoms with Gasteiger partial charge in [-0.1, -0.05) is 42.9 Å². The first-order chi connectivity index (χ1) is 10.0. The average Bonchev–Trinajstić information content (AvgIpc) is 2.87. The van der Waals surface area contributed by atoms with Crippen molar-refractivity contribution < 1.29 is 4.74 Å². The summed E-state index contributed by atoms with van der Waals surface area (Å²) in [5.74, 6) is 0.744. The fourth-order valence-corrected chi connectivity index (χ4v) is 2.80. The second-order valence-electron chi connectivity index (χ2n) is 5.11. The fraction of sp³-hybridized carbons (Fsp3) is 0.467. The van der Waals surface area contributed by atoms with E-state index in [4.69, 9.17) is 16.3 Å². The maximum Gasteiger partial charge on any atom is 0.157 e. The third-order valence-electron chi connectivity index (χ3n) is 2.83. The highest BCUT2D eigenvalue weighted by Crippen LogP contribution is 2.26. The predicted molar refractivity (Wildman–Crippen MR) is 87.2 cm³/mol. The molecule has 1 aromatic heterocycles. The number of halogens is 1. The molecule has 1 aromatic carbocycles. The summed E-state index contributed by atoms with van der Waals surface area (Å²) in [7, 11) is 0. The predicted octanol–water partition coefficient (Wildman–Crippen LogP) is 3.87. The Balaban J connectivity index is 1.91. The van der Waals surface area contributed by atoms with Gasteiger partial charge < -0.3 is 10.1 Å². The molecule has 2 rings (SSSR count). The van der Waals surface area contributed by atoms with Crippen LogP contribution in [0.1, 0.15) is 36.9 Å². The monoisotopic (exact) mass is 325 g/mol. The third kappa shape index (κ3) is 5.26. The van der Waals surface area contributed by atoms with Gasteiger partial charge in [-0.05, 0) is 25.1 Å². The standard InChI is InChI=1S/C15H20ClN3OS/c1-10(2)17-8-7-14-18-19-15(21-14)11(3)20-13-6-4-5-12(16)9-13/h4-6,9-11,17H,7-8H2,1-3H3. The molecular formula is C15H20ClN3OS. The normalized spacial score (nSPS) is 12.6. The average molecular weight is 326 g/mol. The summed E-state index contributed by atoms with van der Waals surface area (Å²) >= 11 is 7.54. The molecule has 0 aliphatic heterocycles. The summed E-state index contributed by atoms with van der Waals surface area (Å²) in [5.41, 5.74) is 0. The van der Waals surface area contributed by atoms with E-state index in [0.717, 1.165) is 28.7 Å². The van der Waals surface area contributed by atoms with Gasteiger partial charge >= 0.3 is 0 Å². The van der Waals surface area contributed by atoms with Crippen LogP contribution in [-0.2, 0) is 6.42 Å². The molecular weight excluding hydrogens is 306 g/mol. The van der Waals surface area contributed by atoms with E-state index in [1.54, 1.807) is 17.4 Å². The van der Waals surface area contributed by atoms with Crippen LogP contribution in [-0.4, -0.2) is 22.8 Å². The van der Waals surface area contributed by atoms with Gasteiger partial charge in [-0.15, -0.1) is 10.2 Å². The highest BCUT2D eigenvalue weighted by atomic mass is 35.5. The van der Waals surface area contributed by atoms with Crippen molar-refractivity contribution in [3.63, 3.8) is 0 Å². The van der Waals surface area contributed by atoms with E-state index in [1.807, 2.05) is 25.1 Å². The molecule has 21 heavy (non-hydrogen) atoms. The largest absolute Gasteiger partial charge is 0.483 e. The molecule has 4 nitrogen and oxygen atoms in total. The van der Waals surface area contributed by atoms with Crippen molar-refractivity contribution in [1.29, 1.82) is 0 Å². The van der Waals surface area contributed by atoms with E-state index < -0.39 is 0 Å². The van der Waals surface area contributed by atoms with E-state index in [0.29, 0.717) is 11.1 Å². The minimum atomic E-state index is -0.132. The minimum Gasteiger partial charge on any atom is -0.483 e. The Morgan fingerprint density at radius 1 is 1.29 bits per heavy atom. The molecule has 0 aliphatic rings. The van der Waals surface area contributed by atoms with Crippen molar-refractivity contribution in [3.8, 4) is 5.75 Å². The van der Waals surface area contributed by atoms with Crippen LogP contribution in [0, 0.1) is 0 Å². The smallest absolute Gasteiger partial charge is 0.157 e. The summed E-state index contributed by atoms with van der Waals surface area (Å²) in [5, 5.41) is 14.4. The molecule has 114 valence electrons. The summed E-state index contributed by atoms with van der Waals surface area (Å²) in [6.45, 7) is 7.15. The van der Waals surface area contributed by atoms with Gasteiger partial charge in [-0.25, -0.2) is 0 Å². The molecule has 0 bridgehead atoms. The molecule has 6 heteroatoms. The van der Waals surface area contributed by atoms with Crippen LogP contribution in [0.15, 0.2) is 24.3 Å². The summed E-state index contributed by atoms with van der Waals surface area (Å²) in [4.78, 5) is 0. The van der Waals surface area contributed by atoms with Crippen molar-refractivity contribution in [3.05, 3.63) is 39.3 Å². The number of rotatable bonds is 7. The van der Waals surface area contributed by atoms with Gasteiger partial charge in [0.15, 0.2) is 5.01 Å². The van der Waals surface area contributed by atoms with Gasteiger partial charge in [0.25, 0.3) is 0 Å². The number of aromatic nitrogens is 2. The van der Waals surface area contributed by atoms with Crippen molar-refractivity contribution in [2.75, 3.05) is 6.54 Å². The lowest BCUT2D eigenvalue weighted by Gasteiger charge is -2.11. The van der Waals surface area contributed by atoms with Crippen LogP contribution in [0.3, 0.4) is 0 Å². The van der Waals surface area contributed by atoms with Crippen LogP contribution in [0.25, 0.3) is 0 Å². The van der Waals surface area contributed by atoms with Gasteiger partial charge in [-0.2, -0.15) is 0 Å². The Bertz CT molecular complexity index is 574. The van der Waals surface area contributed by atoms with Crippen LogP contribution in [0.2, 0.25) is 5.02 Å². The number of hydrogen-bond donors (Lipinski definition) is 1. The minimum absolute atomic E-state index is 0.132. The maximum absolute atomic E-state index is 5.95. The zero-order chi connectivity index (χ0) is 15.2. The van der Waals surface area contributed by atoms with E-state index in [1.165, 1.54) is 0 Å². The van der Waals surface area contributed by atoms with Crippen molar-refractivity contribution >= 4 is 22.9 Å². The van der Waals surface area contributed by atoms with E-state index in [2.05, 4.69) is 29.4 Å². The number of ether oxygens (including phenoxy) is 1. The Labute approximate surface area is 134 Å². The van der Waals surface area contributed by atoms with Crippen LogP contribution in [0.4, 0.5) is 0 Å². The molecule has 1 N–H and O–H groups in total. The van der Waals surface area contributed by atoms with Crippen LogP contribution < -0.4 is 10.1 Å². The molecule has 0 fully saturated rings. The molecule has 0 amide bonds. The fourth-order valence-electron chi connectivity index (χ4n) is 1.79.